The maximum Gasteiger partial charge on any atom is 0.232 e. The lowest BCUT2D eigenvalue weighted by molar-refractivity contribution is -0.168. The molecule has 2 N–H and O–H groups in total. The van der Waals surface area contributed by atoms with Crippen LogP contribution in [-0.2, 0) is 0 Å². The van der Waals surface area contributed by atoms with Gasteiger partial charge in [-0.1, -0.05) is 36.4 Å². The molecular weight excluding hydrogens is 532 g/mol. The van der Waals surface area contributed by atoms with Gasteiger partial charge in [0, 0.05) is 16.2 Å². The second kappa shape index (κ2) is 9.09. The Labute approximate surface area is 235 Å². The summed E-state index contributed by atoms with van der Waals surface area (Å²) >= 11 is 0. The number of benzene rings is 4. The molecule has 194 valence electrons. The van der Waals surface area contributed by atoms with Crippen molar-refractivity contribution in [3.63, 3.8) is 0 Å². The number of halogens is 2. The van der Waals surface area contributed by atoms with Gasteiger partial charge in [-0.25, -0.2) is 18.7 Å². The van der Waals surface area contributed by atoms with Crippen LogP contribution < -0.4 is 16.1 Å². The fourth-order valence-corrected chi connectivity index (χ4v) is 5.43. The minimum absolute atomic E-state index is 0.0346. The number of nitriles is 3. The van der Waals surface area contributed by atoms with E-state index < -0.39 is 11.6 Å². The molecule has 1 aromatic heterocycles. The Balaban J connectivity index is 1.46. The van der Waals surface area contributed by atoms with E-state index in [-0.39, 0.29) is 11.1 Å². The number of hydrogen-bond acceptors (Lipinski definition) is 6. The van der Waals surface area contributed by atoms with E-state index in [2.05, 4.69) is 4.99 Å². The maximum atomic E-state index is 14.3. The molecule has 0 amide bonds. The highest BCUT2D eigenvalue weighted by Gasteiger charge is 2.20. The molecule has 7 nitrogen and oxygen atoms in total. The number of fused-ring (bicyclic) bond motifs is 6. The minimum Gasteiger partial charge on any atom is -0.252 e. The summed E-state index contributed by atoms with van der Waals surface area (Å²) in [4.78, 5) is 13.8. The standard InChI is InChI=1S/C33H13F2N7/c34-26-11-18(1-3-20(26)13-36)16-5-7-22-24(9-16)28(39)32-30(22)42-33-29(40-15-38)25-10-17(6-8-23(25)31(33)41-32)19-2-4-21(14-37)27(35)12-19/h1-12,39H/p+1. The van der Waals surface area contributed by atoms with Crippen LogP contribution in [0.3, 0.4) is 0 Å². The maximum absolute atomic E-state index is 14.3. The Morgan fingerprint density at radius 3 is 1.60 bits per heavy atom. The molecule has 0 aliphatic heterocycles. The van der Waals surface area contributed by atoms with E-state index in [0.717, 1.165) is 5.39 Å². The Bertz CT molecular complexity index is 2560. The molecular formula is C33H14F2N7+. The van der Waals surface area contributed by atoms with E-state index in [0.29, 0.717) is 71.2 Å². The van der Waals surface area contributed by atoms with Gasteiger partial charge in [0.05, 0.1) is 22.0 Å². The van der Waals surface area contributed by atoms with Crippen molar-refractivity contribution in [2.75, 3.05) is 0 Å². The largest absolute Gasteiger partial charge is 0.252 e. The molecule has 9 heteroatoms. The van der Waals surface area contributed by atoms with Crippen LogP contribution in [0.15, 0.2) is 77.8 Å². The lowest BCUT2D eigenvalue weighted by Gasteiger charge is -2.03. The smallest absolute Gasteiger partial charge is 0.232 e. The Morgan fingerprint density at radius 1 is 0.571 bits per heavy atom. The van der Waals surface area contributed by atoms with Gasteiger partial charge in [0.15, 0.2) is 5.52 Å². The molecule has 0 saturated heterocycles. The van der Waals surface area contributed by atoms with Crippen molar-refractivity contribution >= 4 is 43.6 Å². The lowest BCUT2D eigenvalue weighted by atomic mass is 10.0. The van der Waals surface area contributed by atoms with Crippen LogP contribution in [-0.4, -0.2) is 9.97 Å². The molecule has 0 spiro atoms. The molecule has 0 aliphatic carbocycles. The first-order chi connectivity index (χ1) is 20.4. The summed E-state index contributed by atoms with van der Waals surface area (Å²) in [6, 6.07) is 23.3. The normalized spacial score (nSPS) is 11.7. The fraction of sp³-hybridized carbons (Fsp3) is 0. The Morgan fingerprint density at radius 2 is 1.05 bits per heavy atom. The summed E-state index contributed by atoms with van der Waals surface area (Å²) in [7, 11) is 0. The highest BCUT2D eigenvalue weighted by molar-refractivity contribution is 6.15. The molecule has 0 bridgehead atoms. The SMILES string of the molecule is N#CN=c1c2cc(-c3ccc(C#N)c(F)c3)ccc2c2nc3c(=[NH2+])c4cc(-c5ccc(C#N)c(F)c5)ccc4c3nc12. The van der Waals surface area contributed by atoms with Gasteiger partial charge in [-0.3, -0.25) is 5.41 Å². The molecule has 7 aromatic rings. The van der Waals surface area contributed by atoms with Gasteiger partial charge in [-0.15, -0.1) is 0 Å². The van der Waals surface area contributed by atoms with Crippen molar-refractivity contribution < 1.29 is 14.2 Å². The molecule has 0 saturated carbocycles. The highest BCUT2D eigenvalue weighted by Crippen LogP contribution is 2.32. The first-order valence-electron chi connectivity index (χ1n) is 12.6. The van der Waals surface area contributed by atoms with Crippen LogP contribution in [0.1, 0.15) is 11.1 Å². The summed E-state index contributed by atoms with van der Waals surface area (Å²) in [6.45, 7) is 0. The van der Waals surface area contributed by atoms with Crippen LogP contribution in [0.25, 0.3) is 65.9 Å². The van der Waals surface area contributed by atoms with Crippen molar-refractivity contribution in [3.8, 4) is 40.6 Å². The zero-order valence-electron chi connectivity index (χ0n) is 21.4. The fourth-order valence-electron chi connectivity index (χ4n) is 5.43. The van der Waals surface area contributed by atoms with E-state index in [9.17, 15) is 14.0 Å². The quantitative estimate of drug-likeness (QED) is 0.322. The molecule has 0 unspecified atom stereocenters. The monoisotopic (exact) mass is 546 g/mol. The number of nitrogens with zero attached hydrogens (tertiary/aromatic N) is 6. The number of aromatic nitrogens is 2. The van der Waals surface area contributed by atoms with Gasteiger partial charge in [-0.2, -0.15) is 20.8 Å². The summed E-state index contributed by atoms with van der Waals surface area (Å²) in [5.41, 5.74) is 4.41. The van der Waals surface area contributed by atoms with Crippen LogP contribution in [0.5, 0.6) is 0 Å². The predicted octanol–water partition coefficient (Wildman–Crippen LogP) is 4.36. The molecule has 1 heterocycles. The van der Waals surface area contributed by atoms with E-state index >= 15 is 0 Å². The van der Waals surface area contributed by atoms with Gasteiger partial charge < -0.3 is 0 Å². The number of hydrogen-bond donors (Lipinski definition) is 1. The lowest BCUT2D eigenvalue weighted by Crippen LogP contribution is -2.44. The average Bonchev–Trinajstić information content (AvgIpc) is 3.46. The Hall–Kier alpha value is -6.37. The van der Waals surface area contributed by atoms with Gasteiger partial charge in [0.25, 0.3) is 0 Å². The van der Waals surface area contributed by atoms with Crippen LogP contribution in [0, 0.1) is 45.8 Å². The van der Waals surface area contributed by atoms with Gasteiger partial charge in [0.2, 0.25) is 11.6 Å². The predicted molar refractivity (Wildman–Crippen MR) is 151 cm³/mol. The third kappa shape index (κ3) is 3.54. The van der Waals surface area contributed by atoms with Crippen molar-refractivity contribution in [2.45, 2.75) is 0 Å². The second-order valence-corrected chi connectivity index (χ2v) is 9.73. The molecule has 7 rings (SSSR count). The zero-order chi connectivity index (χ0) is 29.1. The summed E-state index contributed by atoms with van der Waals surface area (Å²) in [5.74, 6) is -1.23. The third-order valence-corrected chi connectivity index (χ3v) is 7.48. The van der Waals surface area contributed by atoms with E-state index in [1.807, 2.05) is 42.6 Å². The topological polar surface area (TPSA) is 135 Å². The van der Waals surface area contributed by atoms with E-state index in [1.54, 1.807) is 24.3 Å². The van der Waals surface area contributed by atoms with Gasteiger partial charge >= 0.3 is 0 Å². The zero-order valence-corrected chi connectivity index (χ0v) is 21.4. The number of rotatable bonds is 2. The third-order valence-electron chi connectivity index (χ3n) is 7.48. The van der Waals surface area contributed by atoms with Gasteiger partial charge in [-0.05, 0) is 58.7 Å². The van der Waals surface area contributed by atoms with Crippen LogP contribution in [0.4, 0.5) is 8.78 Å². The van der Waals surface area contributed by atoms with Crippen molar-refractivity contribution in [2.24, 2.45) is 4.99 Å². The Kier molecular flexibility index (Phi) is 5.34. The highest BCUT2D eigenvalue weighted by atomic mass is 19.1. The molecule has 0 atom stereocenters. The summed E-state index contributed by atoms with van der Waals surface area (Å²) < 4.78 is 28.6. The second-order valence-electron chi connectivity index (χ2n) is 9.73. The summed E-state index contributed by atoms with van der Waals surface area (Å²) in [6.07, 6.45) is 1.85. The number of nitrogens with two attached hydrogens (primary N) is 1. The van der Waals surface area contributed by atoms with Crippen molar-refractivity contribution in [1.82, 2.24) is 9.97 Å². The van der Waals surface area contributed by atoms with Gasteiger partial charge in [0.1, 0.15) is 40.2 Å². The molecule has 6 aromatic carbocycles. The molecule has 0 aliphatic rings. The average molecular weight is 547 g/mol. The van der Waals surface area contributed by atoms with Crippen LogP contribution in [0.2, 0.25) is 0 Å². The molecule has 42 heavy (non-hydrogen) atoms. The van der Waals surface area contributed by atoms with Crippen molar-refractivity contribution in [3.05, 3.63) is 106 Å². The summed E-state index contributed by atoms with van der Waals surface area (Å²) in [5, 5.41) is 37.7. The first-order valence-corrected chi connectivity index (χ1v) is 12.6. The van der Waals surface area contributed by atoms with Crippen molar-refractivity contribution in [1.29, 1.82) is 15.8 Å². The first kappa shape index (κ1) is 24.7. The molecule has 0 fully saturated rings. The van der Waals surface area contributed by atoms with Crippen LogP contribution >= 0.6 is 0 Å². The van der Waals surface area contributed by atoms with E-state index in [1.165, 1.54) is 24.3 Å². The molecule has 0 radical (unpaired) electrons. The minimum atomic E-state index is -0.624. The van der Waals surface area contributed by atoms with E-state index in [4.69, 9.17) is 25.9 Å².